The van der Waals surface area contributed by atoms with E-state index in [1.807, 2.05) is 42.2 Å². The van der Waals surface area contributed by atoms with E-state index in [0.717, 1.165) is 38.0 Å². The van der Waals surface area contributed by atoms with Gasteiger partial charge in [0.1, 0.15) is 0 Å². The minimum absolute atomic E-state index is 0.0408. The summed E-state index contributed by atoms with van der Waals surface area (Å²) in [7, 11) is 0. The topological polar surface area (TPSA) is 73.5 Å². The smallest absolute Gasteiger partial charge is 0.315 e. The van der Waals surface area contributed by atoms with Crippen molar-refractivity contribution in [2.24, 2.45) is 5.92 Å². The summed E-state index contributed by atoms with van der Waals surface area (Å²) >= 11 is 0. The molecule has 0 aromatic heterocycles. The van der Waals surface area contributed by atoms with Crippen LogP contribution < -0.4 is 16.0 Å². The molecule has 0 saturated carbocycles. The highest BCUT2D eigenvalue weighted by Gasteiger charge is 2.20. The minimum Gasteiger partial charge on any atom is -0.383 e. The fourth-order valence-corrected chi connectivity index (χ4v) is 3.08. The molecule has 0 unspecified atom stereocenters. The maximum Gasteiger partial charge on any atom is 0.315 e. The Morgan fingerprint density at radius 1 is 1.20 bits per heavy atom. The molecular formula is C19H30N4O2. The van der Waals surface area contributed by atoms with Crippen molar-refractivity contribution in [3.05, 3.63) is 30.3 Å². The van der Waals surface area contributed by atoms with E-state index in [0.29, 0.717) is 19.0 Å². The Morgan fingerprint density at radius 2 is 1.88 bits per heavy atom. The first-order chi connectivity index (χ1) is 12.0. The molecular weight excluding hydrogens is 316 g/mol. The summed E-state index contributed by atoms with van der Waals surface area (Å²) < 4.78 is 0. The number of rotatable bonds is 7. The molecule has 0 spiro atoms. The fraction of sp³-hybridized carbons (Fsp3) is 0.579. The zero-order valence-corrected chi connectivity index (χ0v) is 15.3. The van der Waals surface area contributed by atoms with Gasteiger partial charge in [0.25, 0.3) is 0 Å². The van der Waals surface area contributed by atoms with E-state index in [1.165, 1.54) is 0 Å². The van der Waals surface area contributed by atoms with Crippen molar-refractivity contribution in [2.45, 2.75) is 39.2 Å². The van der Waals surface area contributed by atoms with Gasteiger partial charge < -0.3 is 20.9 Å². The number of benzene rings is 1. The van der Waals surface area contributed by atoms with Crippen molar-refractivity contribution < 1.29 is 9.59 Å². The maximum absolute atomic E-state index is 11.9. The van der Waals surface area contributed by atoms with Gasteiger partial charge in [0, 0.05) is 44.8 Å². The number of carbonyl (C=O) groups is 2. The van der Waals surface area contributed by atoms with E-state index in [9.17, 15) is 9.59 Å². The van der Waals surface area contributed by atoms with Gasteiger partial charge in [-0.3, -0.25) is 4.79 Å². The van der Waals surface area contributed by atoms with Crippen LogP contribution in [0.25, 0.3) is 0 Å². The molecule has 138 valence electrons. The van der Waals surface area contributed by atoms with Crippen molar-refractivity contribution in [1.29, 1.82) is 0 Å². The van der Waals surface area contributed by atoms with Crippen molar-refractivity contribution in [3.63, 3.8) is 0 Å². The van der Waals surface area contributed by atoms with E-state index in [4.69, 9.17) is 0 Å². The number of amides is 3. The lowest BCUT2D eigenvalue weighted by Gasteiger charge is -2.31. The summed E-state index contributed by atoms with van der Waals surface area (Å²) in [4.78, 5) is 25.2. The first-order valence-electron chi connectivity index (χ1n) is 9.13. The Labute approximate surface area is 150 Å². The lowest BCUT2D eigenvalue weighted by molar-refractivity contribution is -0.130. The maximum atomic E-state index is 11.9. The second-order valence-electron chi connectivity index (χ2n) is 6.79. The zero-order chi connectivity index (χ0) is 18.1. The van der Waals surface area contributed by atoms with Crippen LogP contribution in [-0.2, 0) is 4.79 Å². The summed E-state index contributed by atoms with van der Waals surface area (Å²) in [5.74, 6) is 0.752. The molecule has 1 atom stereocenters. The van der Waals surface area contributed by atoms with Crippen LogP contribution in [0, 0.1) is 5.92 Å². The SMILES string of the molecule is CC(=O)N1CCC(CCNC(=O)N[C@H](C)CNc2ccccc2)CC1. The molecule has 0 aliphatic carbocycles. The quantitative estimate of drug-likeness (QED) is 0.710. The van der Waals surface area contributed by atoms with E-state index in [2.05, 4.69) is 16.0 Å². The predicted octanol–water partition coefficient (Wildman–Crippen LogP) is 2.43. The van der Waals surface area contributed by atoms with Crippen molar-refractivity contribution in [3.8, 4) is 0 Å². The van der Waals surface area contributed by atoms with Crippen LogP contribution in [0.5, 0.6) is 0 Å². The molecule has 1 aromatic rings. The fourth-order valence-electron chi connectivity index (χ4n) is 3.08. The highest BCUT2D eigenvalue weighted by molar-refractivity contribution is 5.74. The van der Waals surface area contributed by atoms with E-state index in [-0.39, 0.29) is 18.0 Å². The number of likely N-dealkylation sites (tertiary alicyclic amines) is 1. The number of anilines is 1. The molecule has 6 heteroatoms. The lowest BCUT2D eigenvalue weighted by atomic mass is 9.93. The third-order valence-corrected chi connectivity index (χ3v) is 4.66. The second-order valence-corrected chi connectivity index (χ2v) is 6.79. The number of nitrogens with zero attached hydrogens (tertiary/aromatic N) is 1. The summed E-state index contributed by atoms with van der Waals surface area (Å²) in [6.07, 6.45) is 3.02. The molecule has 0 radical (unpaired) electrons. The molecule has 1 aliphatic heterocycles. The number of hydrogen-bond acceptors (Lipinski definition) is 3. The summed E-state index contributed by atoms with van der Waals surface area (Å²) in [5, 5.41) is 9.18. The number of piperidine rings is 1. The van der Waals surface area contributed by atoms with Crippen molar-refractivity contribution in [2.75, 3.05) is 31.5 Å². The van der Waals surface area contributed by atoms with E-state index >= 15 is 0 Å². The van der Waals surface area contributed by atoms with Gasteiger partial charge in [-0.15, -0.1) is 0 Å². The molecule has 0 bridgehead atoms. The Bertz CT molecular complexity index is 542. The highest BCUT2D eigenvalue weighted by Crippen LogP contribution is 2.19. The Balaban J connectivity index is 1.55. The Kier molecular flexibility index (Phi) is 7.57. The molecule has 1 heterocycles. The molecule has 1 saturated heterocycles. The zero-order valence-electron chi connectivity index (χ0n) is 15.3. The van der Waals surface area contributed by atoms with Gasteiger partial charge in [-0.1, -0.05) is 18.2 Å². The molecule has 1 aliphatic rings. The highest BCUT2D eigenvalue weighted by atomic mass is 16.2. The van der Waals surface area contributed by atoms with Crippen LogP contribution in [0.2, 0.25) is 0 Å². The summed E-state index contributed by atoms with van der Waals surface area (Å²) in [6.45, 7) is 6.64. The summed E-state index contributed by atoms with van der Waals surface area (Å²) in [6, 6.07) is 9.86. The van der Waals surface area contributed by atoms with Gasteiger partial charge in [0.2, 0.25) is 5.91 Å². The van der Waals surface area contributed by atoms with Gasteiger partial charge in [-0.25, -0.2) is 4.79 Å². The van der Waals surface area contributed by atoms with Crippen LogP contribution in [0.1, 0.15) is 33.1 Å². The third kappa shape index (κ3) is 7.03. The van der Waals surface area contributed by atoms with Crippen LogP contribution >= 0.6 is 0 Å². The second kappa shape index (κ2) is 9.91. The van der Waals surface area contributed by atoms with Gasteiger partial charge in [0.15, 0.2) is 0 Å². The van der Waals surface area contributed by atoms with Crippen LogP contribution in [-0.4, -0.2) is 49.1 Å². The minimum atomic E-state index is -0.122. The van der Waals surface area contributed by atoms with Gasteiger partial charge >= 0.3 is 6.03 Å². The first-order valence-corrected chi connectivity index (χ1v) is 9.13. The van der Waals surface area contributed by atoms with Crippen LogP contribution in [0.15, 0.2) is 30.3 Å². The third-order valence-electron chi connectivity index (χ3n) is 4.66. The van der Waals surface area contributed by atoms with Crippen LogP contribution in [0.3, 0.4) is 0 Å². The number of hydrogen-bond donors (Lipinski definition) is 3. The largest absolute Gasteiger partial charge is 0.383 e. The normalized spacial score (nSPS) is 16.2. The number of urea groups is 1. The molecule has 1 fully saturated rings. The number of carbonyl (C=O) groups excluding carboxylic acids is 2. The Morgan fingerprint density at radius 3 is 2.52 bits per heavy atom. The predicted molar refractivity (Wildman–Crippen MR) is 101 cm³/mol. The molecule has 1 aromatic carbocycles. The molecule has 2 rings (SSSR count). The van der Waals surface area contributed by atoms with Gasteiger partial charge in [-0.05, 0) is 44.2 Å². The van der Waals surface area contributed by atoms with Gasteiger partial charge in [0.05, 0.1) is 0 Å². The molecule has 25 heavy (non-hydrogen) atoms. The molecule has 6 nitrogen and oxygen atoms in total. The average Bonchev–Trinajstić information content (AvgIpc) is 2.61. The van der Waals surface area contributed by atoms with E-state index in [1.54, 1.807) is 6.92 Å². The van der Waals surface area contributed by atoms with Gasteiger partial charge in [-0.2, -0.15) is 0 Å². The standard InChI is InChI=1S/C19H30N4O2/c1-15(14-21-18-6-4-3-5-7-18)22-19(25)20-11-8-17-9-12-23(13-10-17)16(2)24/h3-7,15,17,21H,8-14H2,1-2H3,(H2,20,22,25)/t15-/m1/s1. The van der Waals surface area contributed by atoms with Crippen molar-refractivity contribution >= 4 is 17.6 Å². The first kappa shape index (κ1) is 19.1. The van der Waals surface area contributed by atoms with E-state index < -0.39 is 0 Å². The Hall–Kier alpha value is -2.24. The summed E-state index contributed by atoms with van der Waals surface area (Å²) in [5.41, 5.74) is 1.05. The number of nitrogens with one attached hydrogen (secondary N) is 3. The lowest BCUT2D eigenvalue weighted by Crippen LogP contribution is -2.44. The molecule has 3 N–H and O–H groups in total. The van der Waals surface area contributed by atoms with Crippen LogP contribution in [0.4, 0.5) is 10.5 Å². The monoisotopic (exact) mass is 346 g/mol. The number of para-hydroxylation sites is 1. The molecule has 3 amide bonds. The average molecular weight is 346 g/mol. The van der Waals surface area contributed by atoms with Crippen molar-refractivity contribution in [1.82, 2.24) is 15.5 Å².